The first-order chi connectivity index (χ1) is 27.7. The number of aromatic nitrogens is 4. The smallest absolute Gasteiger partial charge is 0.238 e. The zero-order valence-corrected chi connectivity index (χ0v) is 30.2. The molecule has 0 fully saturated rings. The van der Waals surface area contributed by atoms with Crippen LogP contribution in [0.4, 0.5) is 0 Å². The van der Waals surface area contributed by atoms with Gasteiger partial charge in [0.05, 0.1) is 11.0 Å². The standard InChI is InChI=1S/C51H32N4O/c1-3-13-34(14-4-1)40-21-12-22-43-44-32-39(29-30-47(44)56-48(40)43)38-18-11-17-37(31-38)33-25-27-36(28-26-33)50-52-49(35-15-5-2-6-16-35)53-51(54-50)55-45-23-9-7-19-41(45)42-20-8-10-24-46(42)55/h1-32H. The second kappa shape index (κ2) is 13.0. The molecule has 0 aliphatic rings. The van der Waals surface area contributed by atoms with Gasteiger partial charge in [0.25, 0.3) is 0 Å². The lowest BCUT2D eigenvalue weighted by Gasteiger charge is -2.11. The van der Waals surface area contributed by atoms with Gasteiger partial charge >= 0.3 is 0 Å². The molecule has 11 aromatic rings. The predicted octanol–water partition coefficient (Wildman–Crippen LogP) is 13.2. The lowest BCUT2D eigenvalue weighted by molar-refractivity contribution is 0.670. The first kappa shape index (κ1) is 31.9. The van der Waals surface area contributed by atoms with Crippen molar-refractivity contribution in [3.8, 4) is 62.1 Å². The minimum Gasteiger partial charge on any atom is -0.455 e. The maximum atomic E-state index is 6.45. The zero-order chi connectivity index (χ0) is 37.0. The third-order valence-electron chi connectivity index (χ3n) is 10.7. The van der Waals surface area contributed by atoms with Gasteiger partial charge < -0.3 is 4.42 Å². The maximum Gasteiger partial charge on any atom is 0.238 e. The largest absolute Gasteiger partial charge is 0.455 e. The molecule has 0 bridgehead atoms. The first-order valence-electron chi connectivity index (χ1n) is 18.8. The van der Waals surface area contributed by atoms with E-state index in [1.165, 1.54) is 0 Å². The molecule has 11 rings (SSSR count). The summed E-state index contributed by atoms with van der Waals surface area (Å²) in [5.74, 6) is 1.83. The average Bonchev–Trinajstić information content (AvgIpc) is 3.83. The molecule has 0 spiro atoms. The van der Waals surface area contributed by atoms with Crippen LogP contribution in [0.15, 0.2) is 199 Å². The lowest BCUT2D eigenvalue weighted by atomic mass is 9.97. The van der Waals surface area contributed by atoms with Gasteiger partial charge in [-0.2, -0.15) is 9.97 Å². The van der Waals surface area contributed by atoms with Gasteiger partial charge in [-0.1, -0.05) is 164 Å². The summed E-state index contributed by atoms with van der Waals surface area (Å²) in [6.07, 6.45) is 0. The number of nitrogens with zero attached hydrogens (tertiary/aromatic N) is 4. The summed E-state index contributed by atoms with van der Waals surface area (Å²) in [5.41, 5.74) is 12.5. The van der Waals surface area contributed by atoms with E-state index in [0.29, 0.717) is 17.6 Å². The van der Waals surface area contributed by atoms with Gasteiger partial charge in [0.15, 0.2) is 11.6 Å². The van der Waals surface area contributed by atoms with Crippen molar-refractivity contribution in [1.29, 1.82) is 0 Å². The van der Waals surface area contributed by atoms with Crippen LogP contribution in [0.3, 0.4) is 0 Å². The van der Waals surface area contributed by atoms with Crippen molar-refractivity contribution in [2.24, 2.45) is 0 Å². The van der Waals surface area contributed by atoms with E-state index < -0.39 is 0 Å². The molecular formula is C51H32N4O. The molecule has 0 unspecified atom stereocenters. The van der Waals surface area contributed by atoms with Crippen molar-refractivity contribution < 1.29 is 4.42 Å². The summed E-state index contributed by atoms with van der Waals surface area (Å²) in [7, 11) is 0. The van der Waals surface area contributed by atoms with Crippen LogP contribution in [0.5, 0.6) is 0 Å². The monoisotopic (exact) mass is 716 g/mol. The highest BCUT2D eigenvalue weighted by Crippen LogP contribution is 2.38. The van der Waals surface area contributed by atoms with Crippen LogP contribution >= 0.6 is 0 Å². The van der Waals surface area contributed by atoms with E-state index in [0.717, 1.165) is 88.3 Å². The van der Waals surface area contributed by atoms with Gasteiger partial charge in [0.2, 0.25) is 5.95 Å². The quantitative estimate of drug-likeness (QED) is 0.172. The highest BCUT2D eigenvalue weighted by molar-refractivity contribution is 6.11. The Morgan fingerprint density at radius 3 is 1.54 bits per heavy atom. The van der Waals surface area contributed by atoms with Crippen LogP contribution in [-0.4, -0.2) is 19.5 Å². The van der Waals surface area contributed by atoms with Crippen molar-refractivity contribution in [2.45, 2.75) is 0 Å². The summed E-state index contributed by atoms with van der Waals surface area (Å²) >= 11 is 0. The van der Waals surface area contributed by atoms with Crippen molar-refractivity contribution >= 4 is 43.7 Å². The molecule has 3 heterocycles. The maximum absolute atomic E-state index is 6.45. The summed E-state index contributed by atoms with van der Waals surface area (Å²) in [6, 6.07) is 67.5. The zero-order valence-electron chi connectivity index (χ0n) is 30.2. The molecule has 0 saturated heterocycles. The fourth-order valence-corrected chi connectivity index (χ4v) is 7.96. The third-order valence-corrected chi connectivity index (χ3v) is 10.7. The van der Waals surface area contributed by atoms with E-state index >= 15 is 0 Å². The molecule has 0 aliphatic heterocycles. The Hall–Kier alpha value is -7.63. The van der Waals surface area contributed by atoms with Crippen molar-refractivity contribution in [1.82, 2.24) is 19.5 Å². The second-order valence-corrected chi connectivity index (χ2v) is 14.0. The Bertz CT molecular complexity index is 3180. The molecule has 0 amide bonds. The number of fused-ring (bicyclic) bond motifs is 6. The van der Waals surface area contributed by atoms with Crippen LogP contribution in [0.2, 0.25) is 0 Å². The lowest BCUT2D eigenvalue weighted by Crippen LogP contribution is -2.06. The Kier molecular flexibility index (Phi) is 7.42. The van der Waals surface area contributed by atoms with E-state index in [9.17, 15) is 0 Å². The molecule has 0 aliphatic carbocycles. The fraction of sp³-hybridized carbons (Fsp3) is 0. The number of rotatable bonds is 6. The number of hydrogen-bond donors (Lipinski definition) is 0. The normalized spacial score (nSPS) is 11.6. The molecule has 5 nitrogen and oxygen atoms in total. The Labute approximate surface area is 322 Å². The van der Waals surface area contributed by atoms with Crippen molar-refractivity contribution in [3.05, 3.63) is 194 Å². The first-order valence-corrected chi connectivity index (χ1v) is 18.8. The summed E-state index contributed by atoms with van der Waals surface area (Å²) in [6.45, 7) is 0. The van der Waals surface area contributed by atoms with E-state index in [4.69, 9.17) is 19.4 Å². The Morgan fingerprint density at radius 2 is 0.839 bits per heavy atom. The van der Waals surface area contributed by atoms with Gasteiger partial charge in [0, 0.05) is 38.2 Å². The van der Waals surface area contributed by atoms with Crippen LogP contribution in [0.1, 0.15) is 0 Å². The topological polar surface area (TPSA) is 56.7 Å². The summed E-state index contributed by atoms with van der Waals surface area (Å²) in [4.78, 5) is 15.2. The molecule has 0 atom stereocenters. The van der Waals surface area contributed by atoms with E-state index in [2.05, 4.69) is 162 Å². The molecule has 3 aromatic heterocycles. The van der Waals surface area contributed by atoms with Gasteiger partial charge in [-0.05, 0) is 58.1 Å². The van der Waals surface area contributed by atoms with Gasteiger partial charge in [0.1, 0.15) is 11.2 Å². The number of para-hydroxylation sites is 3. The van der Waals surface area contributed by atoms with Gasteiger partial charge in [-0.3, -0.25) is 4.57 Å². The van der Waals surface area contributed by atoms with E-state index in [1.54, 1.807) is 0 Å². The highest BCUT2D eigenvalue weighted by Gasteiger charge is 2.18. The predicted molar refractivity (Wildman–Crippen MR) is 229 cm³/mol. The average molecular weight is 717 g/mol. The molecule has 0 radical (unpaired) electrons. The van der Waals surface area contributed by atoms with Crippen LogP contribution in [0.25, 0.3) is 106 Å². The summed E-state index contributed by atoms with van der Waals surface area (Å²) < 4.78 is 8.60. The van der Waals surface area contributed by atoms with Gasteiger partial charge in [-0.15, -0.1) is 0 Å². The van der Waals surface area contributed by atoms with Crippen LogP contribution in [-0.2, 0) is 0 Å². The SMILES string of the molecule is c1ccc(-c2nc(-c3ccc(-c4cccc(-c5ccc6oc7c(-c8ccccc8)cccc7c6c5)c4)cc3)nc(-n3c4ccccc4c4ccccc43)n2)cc1. The highest BCUT2D eigenvalue weighted by atomic mass is 16.3. The summed E-state index contributed by atoms with van der Waals surface area (Å²) in [5, 5.41) is 4.55. The molecular weight excluding hydrogens is 685 g/mol. The number of hydrogen-bond acceptors (Lipinski definition) is 4. The molecule has 0 N–H and O–H groups in total. The minimum absolute atomic E-state index is 0.585. The molecule has 56 heavy (non-hydrogen) atoms. The van der Waals surface area contributed by atoms with E-state index in [1.807, 2.05) is 36.4 Å². The Balaban J connectivity index is 0.970. The minimum atomic E-state index is 0.585. The fourth-order valence-electron chi connectivity index (χ4n) is 7.96. The molecule has 262 valence electrons. The van der Waals surface area contributed by atoms with Crippen LogP contribution in [0, 0.1) is 0 Å². The van der Waals surface area contributed by atoms with E-state index in [-0.39, 0.29) is 0 Å². The number of benzene rings is 8. The van der Waals surface area contributed by atoms with Crippen LogP contribution < -0.4 is 0 Å². The second-order valence-electron chi connectivity index (χ2n) is 14.0. The Morgan fingerprint density at radius 1 is 0.339 bits per heavy atom. The van der Waals surface area contributed by atoms with Crippen molar-refractivity contribution in [2.75, 3.05) is 0 Å². The molecule has 0 saturated carbocycles. The van der Waals surface area contributed by atoms with Gasteiger partial charge in [-0.25, -0.2) is 4.98 Å². The third kappa shape index (κ3) is 5.37. The molecule has 8 aromatic carbocycles. The number of furan rings is 1. The van der Waals surface area contributed by atoms with Crippen molar-refractivity contribution in [3.63, 3.8) is 0 Å². The molecule has 5 heteroatoms.